The summed E-state index contributed by atoms with van der Waals surface area (Å²) in [6.07, 6.45) is 5.31. The third-order valence-corrected chi connectivity index (χ3v) is 4.76. The zero-order valence-corrected chi connectivity index (χ0v) is 14.5. The lowest BCUT2D eigenvalue weighted by Gasteiger charge is -2.27. The Hall–Kier alpha value is -0.830. The lowest BCUT2D eigenvalue weighted by atomic mass is 9.93. The molecule has 1 aliphatic rings. The van der Waals surface area contributed by atoms with Gasteiger partial charge < -0.3 is 10.1 Å². The molecule has 1 aromatic carbocycles. The van der Waals surface area contributed by atoms with E-state index in [1.54, 1.807) is 0 Å². The van der Waals surface area contributed by atoms with Gasteiger partial charge in [0.2, 0.25) is 0 Å². The van der Waals surface area contributed by atoms with Gasteiger partial charge in [-0.1, -0.05) is 43.7 Å². The zero-order valence-electron chi connectivity index (χ0n) is 13.7. The summed E-state index contributed by atoms with van der Waals surface area (Å²) in [7, 11) is 0. The minimum Gasteiger partial charge on any atom is -0.380 e. The second-order valence-electron chi connectivity index (χ2n) is 6.63. The molecule has 2 nitrogen and oxygen atoms in total. The van der Waals surface area contributed by atoms with Crippen LogP contribution in [0.1, 0.15) is 44.7 Å². The molecule has 1 fully saturated rings. The maximum absolute atomic E-state index is 6.03. The Labute approximate surface area is 139 Å². The molecule has 3 heteroatoms. The van der Waals surface area contributed by atoms with Crippen molar-refractivity contribution in [1.82, 2.24) is 5.32 Å². The molecule has 1 N–H and O–H groups in total. The molecule has 0 amide bonds. The maximum atomic E-state index is 6.03. The molecule has 0 radical (unpaired) electrons. The molecule has 0 spiro atoms. The fourth-order valence-electron chi connectivity index (χ4n) is 3.00. The van der Waals surface area contributed by atoms with Crippen molar-refractivity contribution in [3.8, 4) is 0 Å². The predicted molar refractivity (Wildman–Crippen MR) is 94.3 cm³/mol. The second-order valence-corrected chi connectivity index (χ2v) is 7.06. The van der Waals surface area contributed by atoms with E-state index in [4.69, 9.17) is 16.3 Å². The number of ether oxygens (including phenoxy) is 1. The van der Waals surface area contributed by atoms with E-state index in [-0.39, 0.29) is 0 Å². The van der Waals surface area contributed by atoms with Gasteiger partial charge in [0.05, 0.1) is 6.61 Å². The van der Waals surface area contributed by atoms with Crippen LogP contribution in [0.4, 0.5) is 0 Å². The second kappa shape index (κ2) is 8.71. The Kier molecular flexibility index (Phi) is 6.94. The van der Waals surface area contributed by atoms with Crippen LogP contribution in [0.3, 0.4) is 0 Å². The monoisotopic (exact) mass is 321 g/mol. The first-order chi connectivity index (χ1) is 10.6. The normalized spacial score (nSPS) is 27.0. The van der Waals surface area contributed by atoms with E-state index in [1.807, 2.05) is 18.2 Å². The van der Waals surface area contributed by atoms with Crippen LogP contribution < -0.4 is 5.32 Å². The third-order valence-electron chi connectivity index (χ3n) is 4.51. The average molecular weight is 322 g/mol. The van der Waals surface area contributed by atoms with Crippen LogP contribution in [0.25, 0.3) is 0 Å². The Morgan fingerprint density at radius 2 is 2.00 bits per heavy atom. The summed E-state index contributed by atoms with van der Waals surface area (Å²) in [6.45, 7) is 9.99. The molecule has 2 unspecified atom stereocenters. The smallest absolute Gasteiger partial charge is 0.0622 e. The first-order valence-corrected chi connectivity index (χ1v) is 8.68. The van der Waals surface area contributed by atoms with E-state index in [1.165, 1.54) is 5.56 Å². The van der Waals surface area contributed by atoms with Crippen molar-refractivity contribution in [3.05, 3.63) is 47.5 Å². The summed E-state index contributed by atoms with van der Waals surface area (Å²) in [6, 6.07) is 8.97. The Morgan fingerprint density at radius 1 is 1.27 bits per heavy atom. The van der Waals surface area contributed by atoms with Crippen molar-refractivity contribution in [2.75, 3.05) is 13.2 Å². The number of hydrogen-bond acceptors (Lipinski definition) is 2. The first-order valence-electron chi connectivity index (χ1n) is 8.30. The molecule has 0 aromatic heterocycles. The van der Waals surface area contributed by atoms with E-state index in [0.717, 1.165) is 37.5 Å². The summed E-state index contributed by atoms with van der Waals surface area (Å²) < 4.78 is 5.97. The fraction of sp³-hybridized carbons (Fsp3) is 0.579. The largest absolute Gasteiger partial charge is 0.380 e. The number of nitrogens with one attached hydrogen (secondary N) is 1. The molecule has 0 bridgehead atoms. The van der Waals surface area contributed by atoms with Crippen LogP contribution in [0.2, 0.25) is 5.02 Å². The van der Waals surface area contributed by atoms with Gasteiger partial charge in [0.1, 0.15) is 0 Å². The third kappa shape index (κ3) is 5.12. The lowest BCUT2D eigenvalue weighted by Crippen LogP contribution is -2.40. The van der Waals surface area contributed by atoms with Crippen molar-refractivity contribution >= 4 is 11.6 Å². The molecule has 1 aliphatic heterocycles. The summed E-state index contributed by atoms with van der Waals surface area (Å²) >= 11 is 6.03. The molecule has 2 rings (SSSR count). The SMILES string of the molecule is C=CCC1CC[C@@H](c2ccc(Cl)cc2)NC(C(C)C)COC1. The van der Waals surface area contributed by atoms with Gasteiger partial charge in [0, 0.05) is 23.7 Å². The quantitative estimate of drug-likeness (QED) is 0.788. The highest BCUT2D eigenvalue weighted by molar-refractivity contribution is 6.30. The van der Waals surface area contributed by atoms with Crippen LogP contribution in [-0.2, 0) is 4.74 Å². The van der Waals surface area contributed by atoms with Gasteiger partial charge in [-0.05, 0) is 48.8 Å². The number of allylic oxidation sites excluding steroid dienone is 1. The molecule has 3 atom stereocenters. The van der Waals surface area contributed by atoms with Gasteiger partial charge in [0.15, 0.2) is 0 Å². The zero-order chi connectivity index (χ0) is 15.9. The van der Waals surface area contributed by atoms with Crippen molar-refractivity contribution in [2.45, 2.75) is 45.2 Å². The van der Waals surface area contributed by atoms with E-state index in [2.05, 4.69) is 37.9 Å². The summed E-state index contributed by atoms with van der Waals surface area (Å²) in [5.41, 5.74) is 1.31. The summed E-state index contributed by atoms with van der Waals surface area (Å²) in [5, 5.41) is 4.59. The van der Waals surface area contributed by atoms with E-state index < -0.39 is 0 Å². The highest BCUT2D eigenvalue weighted by Gasteiger charge is 2.23. The van der Waals surface area contributed by atoms with Crippen LogP contribution in [-0.4, -0.2) is 19.3 Å². The maximum Gasteiger partial charge on any atom is 0.0622 e. The van der Waals surface area contributed by atoms with E-state index in [9.17, 15) is 0 Å². The standard InChI is InChI=1S/C19H28ClNO/c1-4-5-15-6-11-18(16-7-9-17(20)10-8-16)21-19(14(2)3)13-22-12-15/h4,7-10,14-15,18-19,21H,1,5-6,11-13H2,2-3H3/t15?,18-,19?/m0/s1. The number of rotatable bonds is 4. The van der Waals surface area contributed by atoms with Gasteiger partial charge in [-0.15, -0.1) is 6.58 Å². The molecule has 122 valence electrons. The highest BCUT2D eigenvalue weighted by Crippen LogP contribution is 2.27. The molecule has 1 saturated heterocycles. The van der Waals surface area contributed by atoms with Gasteiger partial charge >= 0.3 is 0 Å². The molecular weight excluding hydrogens is 294 g/mol. The van der Waals surface area contributed by atoms with Crippen LogP contribution in [0.15, 0.2) is 36.9 Å². The Bertz CT molecular complexity index is 457. The minimum atomic E-state index is 0.360. The Morgan fingerprint density at radius 3 is 2.64 bits per heavy atom. The molecule has 22 heavy (non-hydrogen) atoms. The molecule has 0 saturated carbocycles. The molecule has 1 heterocycles. The minimum absolute atomic E-state index is 0.360. The van der Waals surface area contributed by atoms with Crippen LogP contribution in [0, 0.1) is 11.8 Å². The predicted octanol–water partition coefficient (Wildman–Crippen LogP) is 5.00. The van der Waals surface area contributed by atoms with E-state index in [0.29, 0.717) is 23.9 Å². The van der Waals surface area contributed by atoms with Gasteiger partial charge in [-0.2, -0.15) is 0 Å². The lowest BCUT2D eigenvalue weighted by molar-refractivity contribution is 0.0752. The average Bonchev–Trinajstić information content (AvgIpc) is 2.59. The van der Waals surface area contributed by atoms with Gasteiger partial charge in [-0.3, -0.25) is 0 Å². The summed E-state index contributed by atoms with van der Waals surface area (Å²) in [4.78, 5) is 0. The molecule has 0 aliphatic carbocycles. The molecule has 1 aromatic rings. The van der Waals surface area contributed by atoms with Crippen LogP contribution in [0.5, 0.6) is 0 Å². The summed E-state index contributed by atoms with van der Waals surface area (Å²) in [5.74, 6) is 1.12. The van der Waals surface area contributed by atoms with Crippen molar-refractivity contribution < 1.29 is 4.74 Å². The van der Waals surface area contributed by atoms with Crippen molar-refractivity contribution in [3.63, 3.8) is 0 Å². The van der Waals surface area contributed by atoms with Gasteiger partial charge in [-0.25, -0.2) is 0 Å². The van der Waals surface area contributed by atoms with E-state index >= 15 is 0 Å². The van der Waals surface area contributed by atoms with Crippen molar-refractivity contribution in [2.24, 2.45) is 11.8 Å². The van der Waals surface area contributed by atoms with Crippen LogP contribution >= 0.6 is 11.6 Å². The topological polar surface area (TPSA) is 21.3 Å². The number of hydrogen-bond donors (Lipinski definition) is 1. The fourth-order valence-corrected chi connectivity index (χ4v) is 3.13. The van der Waals surface area contributed by atoms with Gasteiger partial charge in [0.25, 0.3) is 0 Å². The van der Waals surface area contributed by atoms with Crippen molar-refractivity contribution in [1.29, 1.82) is 0 Å². The number of halogens is 1. The highest BCUT2D eigenvalue weighted by atomic mass is 35.5. The molecular formula is C19H28ClNO. The Balaban J connectivity index is 2.15. The first kappa shape index (κ1) is 17.5. The number of benzene rings is 1.